The average molecular weight is 468 g/mol. The molecule has 4 aromatic rings. The second-order valence-electron chi connectivity index (χ2n) is 9.83. The number of hydrogen-bond acceptors (Lipinski definition) is 4. The van der Waals surface area contributed by atoms with E-state index in [1.807, 2.05) is 36.6 Å². The van der Waals surface area contributed by atoms with Crippen molar-refractivity contribution >= 4 is 17.4 Å². The molecule has 35 heavy (non-hydrogen) atoms. The van der Waals surface area contributed by atoms with Gasteiger partial charge in [0.1, 0.15) is 5.82 Å². The molecule has 0 radical (unpaired) electrons. The highest BCUT2D eigenvalue weighted by atomic mass is 16.1. The minimum Gasteiger partial charge on any atom is -0.356 e. The molecule has 0 saturated carbocycles. The Labute approximate surface area is 207 Å². The zero-order valence-corrected chi connectivity index (χ0v) is 21.0. The number of anilines is 1. The number of aromatic nitrogens is 3. The van der Waals surface area contributed by atoms with E-state index < -0.39 is 0 Å². The van der Waals surface area contributed by atoms with Gasteiger partial charge in [-0.15, -0.1) is 0 Å². The van der Waals surface area contributed by atoms with Crippen molar-refractivity contribution < 1.29 is 4.79 Å². The van der Waals surface area contributed by atoms with Gasteiger partial charge in [0.15, 0.2) is 5.65 Å². The number of carbonyl (C=O) groups excluding carboxylic acids is 1. The number of hydrogen-bond donors (Lipinski definition) is 1. The monoisotopic (exact) mass is 467 g/mol. The quantitative estimate of drug-likeness (QED) is 0.426. The van der Waals surface area contributed by atoms with Crippen molar-refractivity contribution in [3.05, 3.63) is 83.0 Å². The van der Waals surface area contributed by atoms with Gasteiger partial charge in [-0.05, 0) is 58.2 Å². The maximum absolute atomic E-state index is 12.9. The summed E-state index contributed by atoms with van der Waals surface area (Å²) < 4.78 is 1.96. The molecule has 1 fully saturated rings. The van der Waals surface area contributed by atoms with Crippen LogP contribution in [0.4, 0.5) is 5.82 Å². The van der Waals surface area contributed by atoms with Crippen LogP contribution in [0.2, 0.25) is 0 Å². The SMILES string of the molecule is Cc1cc(C)cc(-c2cc3nc(C)cc(N4CCC(C(=O)NC(C)c5ccccc5)CC4)n3n2)c1. The standard InChI is InChI=1S/C29H33N5O/c1-19-14-20(2)16-25(15-19)26-18-27-30-21(3)17-28(34(27)32-26)33-12-10-24(11-13-33)29(35)31-22(4)23-8-6-5-7-9-23/h5-9,14-18,22,24H,10-13H2,1-4H3,(H,31,35). The lowest BCUT2D eigenvalue weighted by molar-refractivity contribution is -0.126. The van der Waals surface area contributed by atoms with Gasteiger partial charge in [0.25, 0.3) is 0 Å². The smallest absolute Gasteiger partial charge is 0.223 e. The highest BCUT2D eigenvalue weighted by molar-refractivity contribution is 5.79. The summed E-state index contributed by atoms with van der Waals surface area (Å²) in [5.74, 6) is 1.21. The summed E-state index contributed by atoms with van der Waals surface area (Å²) in [6, 6.07) is 20.8. The molecule has 5 rings (SSSR count). The summed E-state index contributed by atoms with van der Waals surface area (Å²) in [4.78, 5) is 20.0. The van der Waals surface area contributed by atoms with Crippen molar-refractivity contribution in [3.8, 4) is 11.3 Å². The molecule has 0 spiro atoms. The number of nitrogens with zero attached hydrogens (tertiary/aromatic N) is 4. The Morgan fingerprint density at radius 2 is 1.66 bits per heavy atom. The number of amides is 1. The average Bonchev–Trinajstić information content (AvgIpc) is 3.27. The first kappa shape index (κ1) is 23.1. The molecule has 180 valence electrons. The molecule has 0 aliphatic carbocycles. The highest BCUT2D eigenvalue weighted by Gasteiger charge is 2.27. The fourth-order valence-electron chi connectivity index (χ4n) is 5.10. The molecule has 1 aliphatic rings. The highest BCUT2D eigenvalue weighted by Crippen LogP contribution is 2.28. The maximum Gasteiger partial charge on any atom is 0.223 e. The van der Waals surface area contributed by atoms with Gasteiger partial charge >= 0.3 is 0 Å². The van der Waals surface area contributed by atoms with E-state index >= 15 is 0 Å². The van der Waals surface area contributed by atoms with Gasteiger partial charge in [0, 0.05) is 42.4 Å². The number of carbonyl (C=O) groups is 1. The van der Waals surface area contributed by atoms with Crippen LogP contribution in [-0.4, -0.2) is 33.6 Å². The Morgan fingerprint density at radius 1 is 0.971 bits per heavy atom. The lowest BCUT2D eigenvalue weighted by Gasteiger charge is -2.33. The molecular weight excluding hydrogens is 434 g/mol. The van der Waals surface area contributed by atoms with Crippen LogP contribution in [0.5, 0.6) is 0 Å². The number of nitrogens with one attached hydrogen (secondary N) is 1. The van der Waals surface area contributed by atoms with Gasteiger partial charge in [0.2, 0.25) is 5.91 Å². The molecular formula is C29H33N5O. The van der Waals surface area contributed by atoms with Crippen LogP contribution in [0.3, 0.4) is 0 Å². The van der Waals surface area contributed by atoms with Gasteiger partial charge in [0.05, 0.1) is 11.7 Å². The van der Waals surface area contributed by atoms with Crippen molar-refractivity contribution in [1.29, 1.82) is 0 Å². The summed E-state index contributed by atoms with van der Waals surface area (Å²) in [6.07, 6.45) is 1.64. The summed E-state index contributed by atoms with van der Waals surface area (Å²) >= 11 is 0. The minimum atomic E-state index is 0.0111. The van der Waals surface area contributed by atoms with Crippen molar-refractivity contribution in [2.45, 2.75) is 46.6 Å². The van der Waals surface area contributed by atoms with Crippen molar-refractivity contribution in [2.24, 2.45) is 5.92 Å². The first-order valence-corrected chi connectivity index (χ1v) is 12.4. The zero-order chi connectivity index (χ0) is 24.5. The molecule has 6 nitrogen and oxygen atoms in total. The van der Waals surface area contributed by atoms with E-state index in [0.29, 0.717) is 0 Å². The van der Waals surface area contributed by atoms with Crippen LogP contribution in [0, 0.1) is 26.7 Å². The van der Waals surface area contributed by atoms with Crippen LogP contribution in [0.25, 0.3) is 16.9 Å². The van der Waals surface area contributed by atoms with Crippen molar-refractivity contribution in [1.82, 2.24) is 19.9 Å². The van der Waals surface area contributed by atoms with Crippen LogP contribution in [0.1, 0.15) is 48.2 Å². The van der Waals surface area contributed by atoms with E-state index in [9.17, 15) is 4.79 Å². The van der Waals surface area contributed by atoms with Gasteiger partial charge in [-0.3, -0.25) is 4.79 Å². The summed E-state index contributed by atoms with van der Waals surface area (Å²) in [5, 5.41) is 8.15. The molecule has 1 amide bonds. The van der Waals surface area contributed by atoms with Gasteiger partial charge < -0.3 is 10.2 Å². The van der Waals surface area contributed by atoms with E-state index in [0.717, 1.165) is 59.9 Å². The number of aryl methyl sites for hydroxylation is 3. The predicted molar refractivity (Wildman–Crippen MR) is 141 cm³/mol. The molecule has 3 heterocycles. The normalized spacial score (nSPS) is 15.4. The Hall–Kier alpha value is -3.67. The molecule has 0 bridgehead atoms. The number of fused-ring (bicyclic) bond motifs is 1. The molecule has 1 atom stereocenters. The number of piperidine rings is 1. The molecule has 1 N–H and O–H groups in total. The second-order valence-corrected chi connectivity index (χ2v) is 9.83. The Balaban J connectivity index is 1.32. The van der Waals surface area contributed by atoms with E-state index in [1.165, 1.54) is 11.1 Å². The van der Waals surface area contributed by atoms with E-state index in [1.54, 1.807) is 0 Å². The summed E-state index contributed by atoms with van der Waals surface area (Å²) in [7, 11) is 0. The van der Waals surface area contributed by atoms with Crippen LogP contribution in [-0.2, 0) is 4.79 Å². The molecule has 1 saturated heterocycles. The van der Waals surface area contributed by atoms with Crippen LogP contribution < -0.4 is 10.2 Å². The molecule has 1 aliphatic heterocycles. The summed E-state index contributed by atoms with van der Waals surface area (Å²) in [5.41, 5.74) is 7.44. The molecule has 1 unspecified atom stereocenters. The fraction of sp³-hybridized carbons (Fsp3) is 0.345. The lowest BCUT2D eigenvalue weighted by Crippen LogP contribution is -2.41. The van der Waals surface area contributed by atoms with E-state index in [2.05, 4.69) is 66.5 Å². The number of rotatable bonds is 5. The maximum atomic E-state index is 12.9. The molecule has 2 aromatic heterocycles. The fourth-order valence-corrected chi connectivity index (χ4v) is 5.10. The molecule has 2 aromatic carbocycles. The first-order valence-electron chi connectivity index (χ1n) is 12.4. The Morgan fingerprint density at radius 3 is 2.34 bits per heavy atom. The zero-order valence-electron chi connectivity index (χ0n) is 21.0. The lowest BCUT2D eigenvalue weighted by atomic mass is 9.95. The third-order valence-electron chi connectivity index (χ3n) is 6.90. The van der Waals surface area contributed by atoms with Crippen molar-refractivity contribution in [2.75, 3.05) is 18.0 Å². The van der Waals surface area contributed by atoms with Crippen LogP contribution >= 0.6 is 0 Å². The van der Waals surface area contributed by atoms with E-state index in [4.69, 9.17) is 10.1 Å². The van der Waals surface area contributed by atoms with Gasteiger partial charge in [-0.2, -0.15) is 9.61 Å². The Bertz CT molecular complexity index is 1330. The molecule has 6 heteroatoms. The van der Waals surface area contributed by atoms with Gasteiger partial charge in [-0.1, -0.05) is 47.5 Å². The Kier molecular flexibility index (Phi) is 6.29. The summed E-state index contributed by atoms with van der Waals surface area (Å²) in [6.45, 7) is 9.92. The first-order chi connectivity index (χ1) is 16.9. The topological polar surface area (TPSA) is 62.5 Å². The minimum absolute atomic E-state index is 0.0111. The van der Waals surface area contributed by atoms with Gasteiger partial charge in [-0.25, -0.2) is 4.98 Å². The van der Waals surface area contributed by atoms with Crippen molar-refractivity contribution in [3.63, 3.8) is 0 Å². The van der Waals surface area contributed by atoms with Crippen LogP contribution in [0.15, 0.2) is 60.7 Å². The third-order valence-corrected chi connectivity index (χ3v) is 6.90. The largest absolute Gasteiger partial charge is 0.356 e. The second kappa shape index (κ2) is 9.53. The van der Waals surface area contributed by atoms with E-state index in [-0.39, 0.29) is 17.9 Å². The number of benzene rings is 2. The third kappa shape index (κ3) is 4.92. The predicted octanol–water partition coefficient (Wildman–Crippen LogP) is 5.42.